The maximum absolute atomic E-state index is 13.8. The zero-order valence-electron chi connectivity index (χ0n) is 13.7. The van der Waals surface area contributed by atoms with Crippen molar-refractivity contribution < 1.29 is 28.6 Å². The Morgan fingerprint density at radius 1 is 1.35 bits per heavy atom. The first-order valence-electron chi connectivity index (χ1n) is 7.70. The summed E-state index contributed by atoms with van der Waals surface area (Å²) in [5.41, 5.74) is 1.10. The van der Waals surface area contributed by atoms with Gasteiger partial charge in [0.2, 0.25) is 0 Å². The predicted octanol–water partition coefficient (Wildman–Crippen LogP) is 3.39. The van der Waals surface area contributed by atoms with Gasteiger partial charge in [0.05, 0.1) is 18.6 Å². The molecule has 0 spiro atoms. The van der Waals surface area contributed by atoms with Crippen molar-refractivity contribution >= 4 is 29.2 Å². The molecule has 136 valence electrons. The highest BCUT2D eigenvalue weighted by Crippen LogP contribution is 2.41. The molecule has 0 unspecified atom stereocenters. The molecule has 2 aromatic rings. The summed E-state index contributed by atoms with van der Waals surface area (Å²) in [6, 6.07) is 8.79. The molecule has 1 heterocycles. The molecule has 0 aliphatic carbocycles. The Morgan fingerprint density at radius 3 is 2.81 bits per heavy atom. The van der Waals surface area contributed by atoms with Gasteiger partial charge in [0.1, 0.15) is 23.8 Å². The summed E-state index contributed by atoms with van der Waals surface area (Å²) < 4.78 is 24.8. The van der Waals surface area contributed by atoms with E-state index in [9.17, 15) is 14.0 Å². The largest absolute Gasteiger partial charge is 0.495 e. The molecule has 1 aliphatic heterocycles. The second kappa shape index (κ2) is 7.31. The summed E-state index contributed by atoms with van der Waals surface area (Å²) in [7, 11) is 1.45. The van der Waals surface area contributed by atoms with Gasteiger partial charge in [-0.3, -0.25) is 9.59 Å². The maximum Gasteiger partial charge on any atom is 0.306 e. The highest BCUT2D eigenvalue weighted by Gasteiger charge is 2.34. The third-order valence-electron chi connectivity index (χ3n) is 4.00. The van der Waals surface area contributed by atoms with Gasteiger partial charge in [-0.25, -0.2) is 4.39 Å². The first-order valence-corrected chi connectivity index (χ1v) is 8.08. The first kappa shape index (κ1) is 18.2. The molecule has 3 rings (SSSR count). The van der Waals surface area contributed by atoms with Gasteiger partial charge in [0.25, 0.3) is 5.91 Å². The van der Waals surface area contributed by atoms with E-state index in [2.05, 4.69) is 5.32 Å². The molecule has 0 radical (unpaired) electrons. The molecule has 8 heteroatoms. The smallest absolute Gasteiger partial charge is 0.306 e. The van der Waals surface area contributed by atoms with Gasteiger partial charge >= 0.3 is 5.97 Å². The third-order valence-corrected chi connectivity index (χ3v) is 4.41. The topological polar surface area (TPSA) is 84.9 Å². The highest BCUT2D eigenvalue weighted by molar-refractivity contribution is 6.33. The van der Waals surface area contributed by atoms with Gasteiger partial charge in [-0.05, 0) is 24.3 Å². The molecule has 1 amide bonds. The molecule has 0 fully saturated rings. The number of ether oxygens (including phenoxy) is 2. The number of anilines is 1. The summed E-state index contributed by atoms with van der Waals surface area (Å²) in [4.78, 5) is 23.4. The monoisotopic (exact) mass is 379 g/mol. The van der Waals surface area contributed by atoms with Crippen molar-refractivity contribution in [3.63, 3.8) is 0 Å². The van der Waals surface area contributed by atoms with Crippen molar-refractivity contribution in [3.05, 3.63) is 58.4 Å². The molecule has 0 bridgehead atoms. The van der Waals surface area contributed by atoms with Crippen LogP contribution in [0.5, 0.6) is 5.75 Å². The van der Waals surface area contributed by atoms with E-state index in [1.165, 1.54) is 25.3 Å². The van der Waals surface area contributed by atoms with E-state index < -0.39 is 36.3 Å². The number of nitrogens with one attached hydrogen (secondary N) is 1. The predicted molar refractivity (Wildman–Crippen MR) is 92.0 cm³/mol. The Balaban J connectivity index is 2.15. The number of methoxy groups -OCH3 is 1. The average molecular weight is 380 g/mol. The number of rotatable bonds is 4. The minimum Gasteiger partial charge on any atom is -0.495 e. The van der Waals surface area contributed by atoms with E-state index in [1.54, 1.807) is 18.2 Å². The highest BCUT2D eigenvalue weighted by atomic mass is 35.5. The van der Waals surface area contributed by atoms with Crippen molar-refractivity contribution in [2.75, 3.05) is 12.4 Å². The summed E-state index contributed by atoms with van der Waals surface area (Å²) in [6.07, 6.45) is -2.76. The van der Waals surface area contributed by atoms with Gasteiger partial charge in [0, 0.05) is 16.8 Å². The fourth-order valence-electron chi connectivity index (χ4n) is 2.81. The Labute approximate surface area is 153 Å². The van der Waals surface area contributed by atoms with Gasteiger partial charge in [-0.2, -0.15) is 0 Å². The zero-order valence-corrected chi connectivity index (χ0v) is 14.4. The Kier molecular flexibility index (Phi) is 5.11. The number of carboxylic acids is 1. The summed E-state index contributed by atoms with van der Waals surface area (Å²) >= 11 is 6.37. The number of hydrogen-bond donors (Lipinski definition) is 2. The van der Waals surface area contributed by atoms with Crippen molar-refractivity contribution in [3.8, 4) is 5.75 Å². The lowest BCUT2D eigenvalue weighted by molar-refractivity contribution is -0.146. The van der Waals surface area contributed by atoms with Crippen LogP contribution in [0.15, 0.2) is 36.4 Å². The standard InChI is InChI=1S/C18H15ClFNO5/c1-25-13-4-2-3-10(16(13)19)17-11-7-9(20)5-6-12(11)21-18(24)14(26-17)8-15(22)23/h2-7,14,17H,8H2,1H3,(H,21,24)(H,22,23)/t14-,17-/m0/s1. The van der Waals surface area contributed by atoms with Gasteiger partial charge in [0.15, 0.2) is 0 Å². The average Bonchev–Trinajstić information content (AvgIpc) is 2.72. The zero-order chi connectivity index (χ0) is 18.8. The van der Waals surface area contributed by atoms with Crippen LogP contribution in [0, 0.1) is 5.82 Å². The molecule has 2 aromatic carbocycles. The van der Waals surface area contributed by atoms with Crippen LogP contribution in [0.2, 0.25) is 5.02 Å². The summed E-state index contributed by atoms with van der Waals surface area (Å²) in [5.74, 6) is -1.97. The number of hydrogen-bond acceptors (Lipinski definition) is 4. The quantitative estimate of drug-likeness (QED) is 0.850. The van der Waals surface area contributed by atoms with Crippen LogP contribution in [0.4, 0.5) is 10.1 Å². The second-order valence-corrected chi connectivity index (χ2v) is 6.06. The van der Waals surface area contributed by atoms with Crippen molar-refractivity contribution in [2.45, 2.75) is 18.6 Å². The number of carbonyl (C=O) groups excluding carboxylic acids is 1. The lowest BCUT2D eigenvalue weighted by atomic mass is 9.99. The van der Waals surface area contributed by atoms with E-state index in [0.717, 1.165) is 0 Å². The molecular weight excluding hydrogens is 365 g/mol. The van der Waals surface area contributed by atoms with Crippen molar-refractivity contribution in [1.82, 2.24) is 0 Å². The summed E-state index contributed by atoms with van der Waals surface area (Å²) in [6.45, 7) is 0. The molecule has 26 heavy (non-hydrogen) atoms. The molecule has 1 aliphatic rings. The third kappa shape index (κ3) is 3.49. The van der Waals surface area contributed by atoms with Gasteiger partial charge < -0.3 is 19.9 Å². The van der Waals surface area contributed by atoms with Crippen LogP contribution < -0.4 is 10.1 Å². The number of aliphatic carboxylic acids is 1. The van der Waals surface area contributed by atoms with Crippen LogP contribution in [-0.2, 0) is 14.3 Å². The fraction of sp³-hybridized carbons (Fsp3) is 0.222. The molecule has 0 saturated heterocycles. The summed E-state index contributed by atoms with van der Waals surface area (Å²) in [5, 5.41) is 11.9. The Hall–Kier alpha value is -2.64. The first-order chi connectivity index (χ1) is 12.4. The fourth-order valence-corrected chi connectivity index (χ4v) is 3.11. The van der Waals surface area contributed by atoms with Crippen LogP contribution in [0.3, 0.4) is 0 Å². The van der Waals surface area contributed by atoms with Crippen LogP contribution in [0.25, 0.3) is 0 Å². The van der Waals surface area contributed by atoms with Crippen LogP contribution >= 0.6 is 11.6 Å². The molecule has 2 atom stereocenters. The number of carbonyl (C=O) groups is 2. The van der Waals surface area contributed by atoms with Crippen LogP contribution in [0.1, 0.15) is 23.7 Å². The number of fused-ring (bicyclic) bond motifs is 1. The molecular formula is C18H15ClFNO5. The van der Waals surface area contributed by atoms with Crippen molar-refractivity contribution in [2.24, 2.45) is 0 Å². The van der Waals surface area contributed by atoms with Crippen LogP contribution in [-0.4, -0.2) is 30.2 Å². The normalized spacial score (nSPS) is 19.3. The van der Waals surface area contributed by atoms with E-state index >= 15 is 0 Å². The molecule has 2 N–H and O–H groups in total. The Morgan fingerprint density at radius 2 is 2.12 bits per heavy atom. The molecule has 0 aromatic heterocycles. The minimum atomic E-state index is -1.27. The number of halogens is 2. The lowest BCUT2D eigenvalue weighted by Crippen LogP contribution is -2.31. The van der Waals surface area contributed by atoms with Crippen molar-refractivity contribution in [1.29, 1.82) is 0 Å². The molecule has 6 nitrogen and oxygen atoms in total. The molecule has 0 saturated carbocycles. The van der Waals surface area contributed by atoms with E-state index in [1.807, 2.05) is 0 Å². The number of carboxylic acid groups (broad SMARTS) is 1. The Bertz CT molecular complexity index is 873. The lowest BCUT2D eigenvalue weighted by Gasteiger charge is -2.22. The van der Waals surface area contributed by atoms with E-state index in [-0.39, 0.29) is 5.02 Å². The second-order valence-electron chi connectivity index (χ2n) is 5.69. The number of amides is 1. The minimum absolute atomic E-state index is 0.235. The number of benzene rings is 2. The maximum atomic E-state index is 13.8. The van der Waals surface area contributed by atoms with Gasteiger partial charge in [-0.15, -0.1) is 0 Å². The SMILES string of the molecule is COc1cccc([C@@H]2O[C@@H](CC(=O)O)C(=O)Nc3ccc(F)cc32)c1Cl. The van der Waals surface area contributed by atoms with E-state index in [0.29, 0.717) is 22.6 Å². The van der Waals surface area contributed by atoms with E-state index in [4.69, 9.17) is 26.2 Å². The van der Waals surface area contributed by atoms with Gasteiger partial charge in [-0.1, -0.05) is 23.7 Å².